The minimum absolute atomic E-state index is 0.142. The molecule has 27 heavy (non-hydrogen) atoms. The maximum absolute atomic E-state index is 13.1. The van der Waals surface area contributed by atoms with Crippen molar-refractivity contribution in [3.63, 3.8) is 0 Å². The van der Waals surface area contributed by atoms with Crippen molar-refractivity contribution in [3.05, 3.63) is 64.7 Å². The lowest BCUT2D eigenvalue weighted by molar-refractivity contribution is -0.120. The lowest BCUT2D eigenvalue weighted by atomic mass is 10.0. The summed E-state index contributed by atoms with van der Waals surface area (Å²) in [6.07, 6.45) is 0.405. The van der Waals surface area contributed by atoms with E-state index in [1.807, 2.05) is 45.9 Å². The van der Waals surface area contributed by atoms with E-state index in [1.165, 1.54) is 0 Å². The molecule has 1 heterocycles. The number of hydrogen-bond acceptors (Lipinski definition) is 3. The molecule has 1 aliphatic rings. The largest absolute Gasteiger partial charge is 0.324 e. The minimum atomic E-state index is -0.850. The number of nitrogens with zero attached hydrogens (tertiary/aromatic N) is 1. The molecular weight excluding hydrogens is 340 g/mol. The second-order valence-electron chi connectivity index (χ2n) is 7.48. The van der Waals surface area contributed by atoms with Gasteiger partial charge in [-0.15, -0.1) is 0 Å². The first kappa shape index (κ1) is 18.8. The standard InChI is InChI=1S/C22H24N2O3/c1-13(2)11-19(20(25)23-18-12-14(3)9-10-15(18)4)24-21(26)16-7-5-6-8-17(16)22(24)27/h5-10,12-13,19H,11H2,1-4H3,(H,23,25). The Morgan fingerprint density at radius 2 is 1.59 bits per heavy atom. The highest BCUT2D eigenvalue weighted by molar-refractivity contribution is 6.23. The molecule has 140 valence electrons. The molecule has 1 unspecified atom stereocenters. The second kappa shape index (κ2) is 7.35. The molecule has 0 fully saturated rings. The quantitative estimate of drug-likeness (QED) is 0.817. The van der Waals surface area contributed by atoms with Gasteiger partial charge in [-0.05, 0) is 55.5 Å². The van der Waals surface area contributed by atoms with Crippen molar-refractivity contribution in [1.29, 1.82) is 0 Å². The summed E-state index contributed by atoms with van der Waals surface area (Å²) in [5.74, 6) is -1.01. The average molecular weight is 364 g/mol. The summed E-state index contributed by atoms with van der Waals surface area (Å²) in [6, 6.07) is 11.7. The van der Waals surface area contributed by atoms with E-state index in [0.29, 0.717) is 23.2 Å². The fraction of sp³-hybridized carbons (Fsp3) is 0.318. The van der Waals surface area contributed by atoms with E-state index in [1.54, 1.807) is 24.3 Å². The van der Waals surface area contributed by atoms with Crippen molar-refractivity contribution >= 4 is 23.4 Å². The number of carbonyl (C=O) groups is 3. The molecule has 5 nitrogen and oxygen atoms in total. The summed E-state index contributed by atoms with van der Waals surface area (Å²) in [4.78, 5) is 39.9. The van der Waals surface area contributed by atoms with Crippen LogP contribution in [0.1, 0.15) is 52.1 Å². The summed E-state index contributed by atoms with van der Waals surface area (Å²) >= 11 is 0. The molecule has 3 amide bonds. The van der Waals surface area contributed by atoms with Crippen molar-refractivity contribution < 1.29 is 14.4 Å². The summed E-state index contributed by atoms with van der Waals surface area (Å²) in [7, 11) is 0. The Bertz CT molecular complexity index is 883. The minimum Gasteiger partial charge on any atom is -0.324 e. The smallest absolute Gasteiger partial charge is 0.262 e. The Kier molecular flexibility index (Phi) is 5.13. The van der Waals surface area contributed by atoms with E-state index >= 15 is 0 Å². The van der Waals surface area contributed by atoms with Crippen LogP contribution in [0.3, 0.4) is 0 Å². The Labute approximate surface area is 159 Å². The molecule has 2 aromatic rings. The zero-order valence-corrected chi connectivity index (χ0v) is 16.1. The molecular formula is C22H24N2O3. The summed E-state index contributed by atoms with van der Waals surface area (Å²) in [5.41, 5.74) is 3.37. The molecule has 0 bridgehead atoms. The Hall–Kier alpha value is -2.95. The molecule has 1 atom stereocenters. The van der Waals surface area contributed by atoms with Gasteiger partial charge in [0, 0.05) is 5.69 Å². The topological polar surface area (TPSA) is 66.5 Å². The van der Waals surface area contributed by atoms with Gasteiger partial charge in [-0.2, -0.15) is 0 Å². The van der Waals surface area contributed by atoms with Crippen molar-refractivity contribution in [2.45, 2.75) is 40.2 Å². The molecule has 0 saturated carbocycles. The number of imide groups is 1. The number of amides is 3. The zero-order valence-electron chi connectivity index (χ0n) is 16.1. The first-order valence-corrected chi connectivity index (χ1v) is 9.14. The van der Waals surface area contributed by atoms with Gasteiger partial charge in [0.2, 0.25) is 5.91 Å². The number of aryl methyl sites for hydroxylation is 2. The molecule has 0 aliphatic carbocycles. The van der Waals surface area contributed by atoms with Gasteiger partial charge in [0.25, 0.3) is 11.8 Å². The summed E-state index contributed by atoms with van der Waals surface area (Å²) in [6.45, 7) is 7.80. The third kappa shape index (κ3) is 3.63. The van der Waals surface area contributed by atoms with E-state index < -0.39 is 17.9 Å². The van der Waals surface area contributed by atoms with Crippen LogP contribution < -0.4 is 5.32 Å². The van der Waals surface area contributed by atoms with Gasteiger partial charge in [0.15, 0.2) is 0 Å². The van der Waals surface area contributed by atoms with Gasteiger partial charge >= 0.3 is 0 Å². The van der Waals surface area contributed by atoms with Crippen molar-refractivity contribution in [3.8, 4) is 0 Å². The van der Waals surface area contributed by atoms with Crippen LogP contribution in [0.4, 0.5) is 5.69 Å². The lowest BCUT2D eigenvalue weighted by Gasteiger charge is -2.27. The fourth-order valence-electron chi connectivity index (χ4n) is 3.35. The predicted molar refractivity (Wildman–Crippen MR) is 105 cm³/mol. The van der Waals surface area contributed by atoms with Gasteiger partial charge in [-0.25, -0.2) is 0 Å². The van der Waals surface area contributed by atoms with Gasteiger partial charge in [-0.1, -0.05) is 38.1 Å². The highest BCUT2D eigenvalue weighted by Gasteiger charge is 2.42. The normalized spacial score (nSPS) is 14.5. The molecule has 1 N–H and O–H groups in total. The monoisotopic (exact) mass is 364 g/mol. The number of carbonyl (C=O) groups excluding carboxylic acids is 3. The van der Waals surface area contributed by atoms with Crippen LogP contribution in [0.25, 0.3) is 0 Å². The van der Waals surface area contributed by atoms with Crippen LogP contribution in [0, 0.1) is 19.8 Å². The van der Waals surface area contributed by atoms with Gasteiger partial charge in [0.1, 0.15) is 6.04 Å². The SMILES string of the molecule is Cc1ccc(C)c(NC(=O)C(CC(C)C)N2C(=O)c3ccccc3C2=O)c1. The first-order valence-electron chi connectivity index (χ1n) is 9.14. The van der Waals surface area contributed by atoms with Gasteiger partial charge in [-0.3, -0.25) is 19.3 Å². The number of benzene rings is 2. The number of hydrogen-bond donors (Lipinski definition) is 1. The molecule has 1 aliphatic heterocycles. The van der Waals surface area contributed by atoms with Crippen LogP contribution in [-0.2, 0) is 4.79 Å². The summed E-state index contributed by atoms with van der Waals surface area (Å²) < 4.78 is 0. The highest BCUT2D eigenvalue weighted by Crippen LogP contribution is 2.28. The van der Waals surface area contributed by atoms with Crippen molar-refractivity contribution in [2.75, 3.05) is 5.32 Å². The van der Waals surface area contributed by atoms with Crippen LogP contribution in [0.15, 0.2) is 42.5 Å². The van der Waals surface area contributed by atoms with Crippen LogP contribution in [0.2, 0.25) is 0 Å². The number of nitrogens with one attached hydrogen (secondary N) is 1. The predicted octanol–water partition coefficient (Wildman–Crippen LogP) is 3.95. The zero-order chi connectivity index (χ0) is 19.7. The molecule has 5 heteroatoms. The van der Waals surface area contributed by atoms with Crippen molar-refractivity contribution in [2.24, 2.45) is 5.92 Å². The highest BCUT2D eigenvalue weighted by atomic mass is 16.2. The Balaban J connectivity index is 1.93. The van der Waals surface area contributed by atoms with E-state index in [0.717, 1.165) is 16.0 Å². The van der Waals surface area contributed by atoms with Crippen molar-refractivity contribution in [1.82, 2.24) is 4.90 Å². The molecule has 2 aromatic carbocycles. The van der Waals surface area contributed by atoms with E-state index in [2.05, 4.69) is 5.32 Å². The first-order chi connectivity index (χ1) is 12.8. The Morgan fingerprint density at radius 3 is 2.15 bits per heavy atom. The van der Waals surface area contributed by atoms with E-state index in [9.17, 15) is 14.4 Å². The molecule has 0 radical (unpaired) electrons. The number of rotatable bonds is 5. The fourth-order valence-corrected chi connectivity index (χ4v) is 3.35. The molecule has 0 spiro atoms. The van der Waals surface area contributed by atoms with Crippen LogP contribution >= 0.6 is 0 Å². The molecule has 0 aromatic heterocycles. The van der Waals surface area contributed by atoms with E-state index in [-0.39, 0.29) is 11.8 Å². The second-order valence-corrected chi connectivity index (χ2v) is 7.48. The lowest BCUT2D eigenvalue weighted by Crippen LogP contribution is -2.48. The van der Waals surface area contributed by atoms with E-state index in [4.69, 9.17) is 0 Å². The van der Waals surface area contributed by atoms with Crippen LogP contribution in [0.5, 0.6) is 0 Å². The summed E-state index contributed by atoms with van der Waals surface area (Å²) in [5, 5.41) is 2.92. The number of fused-ring (bicyclic) bond motifs is 1. The maximum Gasteiger partial charge on any atom is 0.262 e. The average Bonchev–Trinajstić information content (AvgIpc) is 2.87. The maximum atomic E-state index is 13.1. The van der Waals surface area contributed by atoms with Gasteiger partial charge in [0.05, 0.1) is 11.1 Å². The molecule has 3 rings (SSSR count). The third-order valence-electron chi connectivity index (χ3n) is 4.79. The number of anilines is 1. The Morgan fingerprint density at radius 1 is 1.00 bits per heavy atom. The molecule has 0 saturated heterocycles. The van der Waals surface area contributed by atoms with Crippen LogP contribution in [-0.4, -0.2) is 28.7 Å². The van der Waals surface area contributed by atoms with Gasteiger partial charge < -0.3 is 5.32 Å². The third-order valence-corrected chi connectivity index (χ3v) is 4.79.